The molecule has 84 valence electrons. The zero-order valence-corrected chi connectivity index (χ0v) is 10.3. The summed E-state index contributed by atoms with van der Waals surface area (Å²) in [7, 11) is 0. The van der Waals surface area contributed by atoms with Crippen LogP contribution in [0.4, 0.5) is 0 Å². The van der Waals surface area contributed by atoms with Crippen LogP contribution in [0.2, 0.25) is 0 Å². The van der Waals surface area contributed by atoms with Gasteiger partial charge in [-0.3, -0.25) is 0 Å². The molecule has 1 aromatic carbocycles. The number of rotatable bonds is 3. The molecule has 0 aromatic heterocycles. The van der Waals surface area contributed by atoms with Crippen LogP contribution in [0, 0.1) is 0 Å². The van der Waals surface area contributed by atoms with Crippen molar-refractivity contribution in [2.75, 3.05) is 25.5 Å². The lowest BCUT2D eigenvalue weighted by Gasteiger charge is -2.14. The molecule has 3 heteroatoms. The molecule has 0 radical (unpaired) electrons. The van der Waals surface area contributed by atoms with Crippen molar-refractivity contribution in [1.82, 2.24) is 4.90 Å². The molecule has 1 saturated heterocycles. The van der Waals surface area contributed by atoms with E-state index in [1.807, 2.05) is 0 Å². The molecule has 2 rings (SSSR count). The zero-order valence-electron chi connectivity index (χ0n) is 8.73. The van der Waals surface area contributed by atoms with Crippen LogP contribution >= 0.6 is 24.0 Å². The number of hydrogen-bond donors (Lipinski definition) is 0. The minimum atomic E-state index is 0. The summed E-state index contributed by atoms with van der Waals surface area (Å²) < 4.78 is 0. The molecule has 0 saturated carbocycles. The van der Waals surface area contributed by atoms with Gasteiger partial charge in [-0.1, -0.05) is 30.3 Å². The molecule has 0 N–H and O–H groups in total. The summed E-state index contributed by atoms with van der Waals surface area (Å²) in [5, 5.41) is 0. The van der Waals surface area contributed by atoms with E-state index in [4.69, 9.17) is 11.6 Å². The molecular weight excluding hydrogens is 229 g/mol. The van der Waals surface area contributed by atoms with Gasteiger partial charge in [0.25, 0.3) is 0 Å². The lowest BCUT2D eigenvalue weighted by Crippen LogP contribution is -2.22. The highest BCUT2D eigenvalue weighted by Gasteiger charge is 2.22. The smallest absolute Gasteiger partial charge is 0.0351 e. The third kappa shape index (κ3) is 3.37. The van der Waals surface area contributed by atoms with Crippen molar-refractivity contribution in [3.8, 4) is 0 Å². The van der Waals surface area contributed by atoms with Gasteiger partial charge < -0.3 is 4.90 Å². The Labute approximate surface area is 103 Å². The van der Waals surface area contributed by atoms with Gasteiger partial charge in [0.05, 0.1) is 0 Å². The normalized spacial score (nSPS) is 21.3. The Morgan fingerprint density at radius 1 is 1.27 bits per heavy atom. The molecule has 0 amide bonds. The molecule has 1 unspecified atom stereocenters. The molecular formula is C12H17Cl2N. The van der Waals surface area contributed by atoms with E-state index in [-0.39, 0.29) is 12.4 Å². The fraction of sp³-hybridized carbons (Fsp3) is 0.500. The SMILES string of the molecule is Cl.ClCCN1CCC(c2ccccc2)C1. The van der Waals surface area contributed by atoms with E-state index >= 15 is 0 Å². The summed E-state index contributed by atoms with van der Waals surface area (Å²) in [5.74, 6) is 1.47. The summed E-state index contributed by atoms with van der Waals surface area (Å²) in [6, 6.07) is 10.8. The van der Waals surface area contributed by atoms with Crippen molar-refractivity contribution in [3.05, 3.63) is 35.9 Å². The van der Waals surface area contributed by atoms with Crippen molar-refractivity contribution in [2.24, 2.45) is 0 Å². The summed E-state index contributed by atoms with van der Waals surface area (Å²) in [5.41, 5.74) is 1.48. The van der Waals surface area contributed by atoms with Crippen LogP contribution < -0.4 is 0 Å². The third-order valence-corrected chi connectivity index (χ3v) is 3.11. The Bertz CT molecular complexity index is 276. The van der Waals surface area contributed by atoms with Crippen LogP contribution in [0.1, 0.15) is 17.9 Å². The molecule has 1 atom stereocenters. The highest BCUT2D eigenvalue weighted by molar-refractivity contribution is 6.18. The van der Waals surface area contributed by atoms with Gasteiger partial charge >= 0.3 is 0 Å². The Hall–Kier alpha value is -0.240. The number of benzene rings is 1. The fourth-order valence-corrected chi connectivity index (χ4v) is 2.39. The van der Waals surface area contributed by atoms with Gasteiger partial charge in [0.1, 0.15) is 0 Å². The maximum atomic E-state index is 5.73. The minimum absolute atomic E-state index is 0. The van der Waals surface area contributed by atoms with Crippen LogP contribution in [-0.2, 0) is 0 Å². The minimum Gasteiger partial charge on any atom is -0.302 e. The van der Waals surface area contributed by atoms with E-state index in [2.05, 4.69) is 35.2 Å². The van der Waals surface area contributed by atoms with Crippen LogP contribution in [0.5, 0.6) is 0 Å². The molecule has 1 nitrogen and oxygen atoms in total. The molecule has 1 heterocycles. The first-order valence-electron chi connectivity index (χ1n) is 5.23. The first kappa shape index (κ1) is 12.8. The van der Waals surface area contributed by atoms with Crippen LogP contribution in [-0.4, -0.2) is 30.4 Å². The summed E-state index contributed by atoms with van der Waals surface area (Å²) >= 11 is 5.73. The molecule has 1 aromatic rings. The molecule has 0 aliphatic carbocycles. The van der Waals surface area contributed by atoms with Crippen LogP contribution in [0.25, 0.3) is 0 Å². The summed E-state index contributed by atoms with van der Waals surface area (Å²) in [4.78, 5) is 2.45. The second-order valence-corrected chi connectivity index (χ2v) is 4.26. The van der Waals surface area contributed by atoms with Crippen molar-refractivity contribution >= 4 is 24.0 Å². The van der Waals surface area contributed by atoms with Gasteiger partial charge in [-0.05, 0) is 24.4 Å². The summed E-state index contributed by atoms with van der Waals surface area (Å²) in [6.07, 6.45) is 1.28. The zero-order chi connectivity index (χ0) is 9.80. The first-order valence-corrected chi connectivity index (χ1v) is 5.77. The van der Waals surface area contributed by atoms with E-state index in [0.717, 1.165) is 18.3 Å². The number of likely N-dealkylation sites (tertiary alicyclic amines) is 1. The van der Waals surface area contributed by atoms with Crippen LogP contribution in [0.15, 0.2) is 30.3 Å². The topological polar surface area (TPSA) is 3.24 Å². The highest BCUT2D eigenvalue weighted by atomic mass is 35.5. The Balaban J connectivity index is 0.00000112. The number of halogens is 2. The van der Waals surface area contributed by atoms with E-state index in [1.165, 1.54) is 25.1 Å². The molecule has 15 heavy (non-hydrogen) atoms. The first-order chi connectivity index (χ1) is 6.90. The predicted octanol–water partition coefficient (Wildman–Crippen LogP) is 3.14. The van der Waals surface area contributed by atoms with Gasteiger partial charge in [0, 0.05) is 19.0 Å². The second-order valence-electron chi connectivity index (χ2n) is 3.89. The second kappa shape index (κ2) is 6.37. The van der Waals surface area contributed by atoms with Gasteiger partial charge in [0.2, 0.25) is 0 Å². The number of hydrogen-bond acceptors (Lipinski definition) is 1. The van der Waals surface area contributed by atoms with E-state index < -0.39 is 0 Å². The molecule has 0 bridgehead atoms. The third-order valence-electron chi connectivity index (χ3n) is 2.94. The monoisotopic (exact) mass is 245 g/mol. The summed E-state index contributed by atoms with van der Waals surface area (Å²) in [6.45, 7) is 3.41. The van der Waals surface area contributed by atoms with E-state index in [0.29, 0.717) is 0 Å². The van der Waals surface area contributed by atoms with Gasteiger partial charge in [0.15, 0.2) is 0 Å². The Morgan fingerprint density at radius 3 is 2.67 bits per heavy atom. The highest BCUT2D eigenvalue weighted by Crippen LogP contribution is 2.26. The Kier molecular flexibility index (Phi) is 5.44. The van der Waals surface area contributed by atoms with Crippen molar-refractivity contribution < 1.29 is 0 Å². The van der Waals surface area contributed by atoms with E-state index in [1.54, 1.807) is 0 Å². The average Bonchev–Trinajstić information content (AvgIpc) is 2.68. The molecule has 1 aliphatic heterocycles. The number of nitrogens with zero attached hydrogens (tertiary/aromatic N) is 1. The quantitative estimate of drug-likeness (QED) is 0.740. The molecule has 1 fully saturated rings. The fourth-order valence-electron chi connectivity index (χ4n) is 2.15. The van der Waals surface area contributed by atoms with Gasteiger partial charge in [-0.15, -0.1) is 24.0 Å². The molecule has 1 aliphatic rings. The largest absolute Gasteiger partial charge is 0.302 e. The number of alkyl halides is 1. The van der Waals surface area contributed by atoms with E-state index in [9.17, 15) is 0 Å². The predicted molar refractivity (Wildman–Crippen MR) is 68.2 cm³/mol. The van der Waals surface area contributed by atoms with Gasteiger partial charge in [-0.2, -0.15) is 0 Å². The van der Waals surface area contributed by atoms with Crippen molar-refractivity contribution in [3.63, 3.8) is 0 Å². The van der Waals surface area contributed by atoms with Crippen molar-refractivity contribution in [2.45, 2.75) is 12.3 Å². The lowest BCUT2D eigenvalue weighted by atomic mass is 9.99. The Morgan fingerprint density at radius 2 is 2.00 bits per heavy atom. The lowest BCUT2D eigenvalue weighted by molar-refractivity contribution is 0.356. The maximum Gasteiger partial charge on any atom is 0.0351 e. The van der Waals surface area contributed by atoms with Crippen LogP contribution in [0.3, 0.4) is 0 Å². The average molecular weight is 246 g/mol. The standard InChI is InChI=1S/C12H16ClN.ClH/c13-7-9-14-8-6-12(10-14)11-4-2-1-3-5-11;/h1-5,12H,6-10H2;1H. The molecule has 0 spiro atoms. The van der Waals surface area contributed by atoms with Crippen molar-refractivity contribution in [1.29, 1.82) is 0 Å². The maximum absolute atomic E-state index is 5.73. The van der Waals surface area contributed by atoms with Gasteiger partial charge in [-0.25, -0.2) is 0 Å².